The van der Waals surface area contributed by atoms with Gasteiger partial charge in [0.2, 0.25) is 0 Å². The number of hydrogen-bond donors (Lipinski definition) is 0. The number of hydrogen-bond acceptors (Lipinski definition) is 2. The SMILES string of the molecule is CCOC(=O)Cc1ccccc1-c1ccc(Cl)cc1. The summed E-state index contributed by atoms with van der Waals surface area (Å²) in [5.74, 6) is -0.205. The molecule has 19 heavy (non-hydrogen) atoms. The molecule has 0 amide bonds. The summed E-state index contributed by atoms with van der Waals surface area (Å²) in [4.78, 5) is 11.6. The third-order valence-electron chi connectivity index (χ3n) is 2.81. The first kappa shape index (κ1) is 13.6. The Kier molecular flexibility index (Phi) is 4.58. The highest BCUT2D eigenvalue weighted by Gasteiger charge is 2.09. The predicted octanol–water partition coefficient (Wildman–Crippen LogP) is 4.11. The number of benzene rings is 2. The van der Waals surface area contributed by atoms with Gasteiger partial charge in [-0.15, -0.1) is 0 Å². The molecular weight excluding hydrogens is 260 g/mol. The molecular formula is C16H15ClO2. The highest BCUT2D eigenvalue weighted by molar-refractivity contribution is 6.30. The largest absolute Gasteiger partial charge is 0.466 e. The lowest BCUT2D eigenvalue weighted by atomic mass is 9.98. The minimum absolute atomic E-state index is 0.205. The van der Waals surface area contributed by atoms with E-state index in [0.717, 1.165) is 16.7 Å². The van der Waals surface area contributed by atoms with Crippen LogP contribution in [0.4, 0.5) is 0 Å². The minimum atomic E-state index is -0.205. The third kappa shape index (κ3) is 3.58. The van der Waals surface area contributed by atoms with E-state index in [2.05, 4.69) is 0 Å². The average molecular weight is 275 g/mol. The normalized spacial score (nSPS) is 10.2. The van der Waals surface area contributed by atoms with Crippen molar-refractivity contribution in [1.29, 1.82) is 0 Å². The Labute approximate surface area is 118 Å². The summed E-state index contributed by atoms with van der Waals surface area (Å²) >= 11 is 5.89. The maximum atomic E-state index is 11.6. The minimum Gasteiger partial charge on any atom is -0.466 e. The van der Waals surface area contributed by atoms with Crippen LogP contribution >= 0.6 is 11.6 Å². The Morgan fingerprint density at radius 2 is 1.79 bits per heavy atom. The summed E-state index contributed by atoms with van der Waals surface area (Å²) in [7, 11) is 0. The second-order valence-electron chi connectivity index (χ2n) is 4.15. The topological polar surface area (TPSA) is 26.3 Å². The van der Waals surface area contributed by atoms with E-state index in [1.54, 1.807) is 0 Å². The van der Waals surface area contributed by atoms with E-state index in [-0.39, 0.29) is 12.4 Å². The number of carbonyl (C=O) groups excluding carboxylic acids is 1. The summed E-state index contributed by atoms with van der Waals surface area (Å²) < 4.78 is 5.00. The average Bonchev–Trinajstić information content (AvgIpc) is 2.41. The molecule has 0 spiro atoms. The molecule has 0 aromatic heterocycles. The first-order chi connectivity index (χ1) is 9.20. The molecule has 2 aromatic rings. The number of esters is 1. The zero-order valence-electron chi connectivity index (χ0n) is 10.7. The maximum Gasteiger partial charge on any atom is 0.310 e. The van der Waals surface area contributed by atoms with Crippen LogP contribution in [0.1, 0.15) is 12.5 Å². The Morgan fingerprint density at radius 3 is 2.47 bits per heavy atom. The first-order valence-electron chi connectivity index (χ1n) is 6.20. The van der Waals surface area contributed by atoms with Gasteiger partial charge in [-0.3, -0.25) is 4.79 Å². The Bertz CT molecular complexity index is 561. The fourth-order valence-corrected chi connectivity index (χ4v) is 2.08. The van der Waals surface area contributed by atoms with Gasteiger partial charge in [-0.25, -0.2) is 0 Å². The van der Waals surface area contributed by atoms with Crippen LogP contribution in [-0.4, -0.2) is 12.6 Å². The van der Waals surface area contributed by atoms with Crippen molar-refractivity contribution in [3.63, 3.8) is 0 Å². The number of carbonyl (C=O) groups is 1. The van der Waals surface area contributed by atoms with Crippen LogP contribution in [0.25, 0.3) is 11.1 Å². The van der Waals surface area contributed by atoms with Crippen molar-refractivity contribution in [2.45, 2.75) is 13.3 Å². The molecule has 0 aliphatic carbocycles. The second kappa shape index (κ2) is 6.39. The van der Waals surface area contributed by atoms with Gasteiger partial charge in [0.15, 0.2) is 0 Å². The van der Waals surface area contributed by atoms with Crippen molar-refractivity contribution in [1.82, 2.24) is 0 Å². The molecule has 2 rings (SSSR count). The summed E-state index contributed by atoms with van der Waals surface area (Å²) in [5, 5.41) is 0.701. The molecule has 0 aliphatic heterocycles. The van der Waals surface area contributed by atoms with Gasteiger partial charge in [-0.05, 0) is 35.7 Å². The standard InChI is InChI=1S/C16H15ClO2/c1-2-19-16(18)11-13-5-3-4-6-15(13)12-7-9-14(17)10-8-12/h3-10H,2,11H2,1H3. The summed E-state index contributed by atoms with van der Waals surface area (Å²) in [6, 6.07) is 15.4. The van der Waals surface area contributed by atoms with Crippen LogP contribution in [0.15, 0.2) is 48.5 Å². The highest BCUT2D eigenvalue weighted by Crippen LogP contribution is 2.25. The molecule has 0 atom stereocenters. The molecule has 0 fully saturated rings. The van der Waals surface area contributed by atoms with Gasteiger partial charge >= 0.3 is 5.97 Å². The second-order valence-corrected chi connectivity index (χ2v) is 4.58. The molecule has 0 aliphatic rings. The Balaban J connectivity index is 2.30. The predicted molar refractivity (Wildman–Crippen MR) is 77.2 cm³/mol. The van der Waals surface area contributed by atoms with Gasteiger partial charge in [-0.1, -0.05) is 48.0 Å². The van der Waals surface area contributed by atoms with Crippen molar-refractivity contribution in [3.8, 4) is 11.1 Å². The molecule has 98 valence electrons. The van der Waals surface area contributed by atoms with Crippen LogP contribution in [-0.2, 0) is 16.0 Å². The fourth-order valence-electron chi connectivity index (χ4n) is 1.95. The Morgan fingerprint density at radius 1 is 1.11 bits per heavy atom. The molecule has 2 nitrogen and oxygen atoms in total. The van der Waals surface area contributed by atoms with E-state index < -0.39 is 0 Å². The summed E-state index contributed by atoms with van der Waals surface area (Å²) in [6.45, 7) is 2.21. The van der Waals surface area contributed by atoms with Crippen LogP contribution in [0.5, 0.6) is 0 Å². The summed E-state index contributed by atoms with van der Waals surface area (Å²) in [5.41, 5.74) is 3.04. The van der Waals surface area contributed by atoms with E-state index in [1.807, 2.05) is 55.5 Å². The molecule has 0 N–H and O–H groups in total. The third-order valence-corrected chi connectivity index (χ3v) is 3.06. The summed E-state index contributed by atoms with van der Waals surface area (Å²) in [6.07, 6.45) is 0.284. The van der Waals surface area contributed by atoms with Gasteiger partial charge in [0, 0.05) is 5.02 Å². The smallest absolute Gasteiger partial charge is 0.310 e. The molecule has 3 heteroatoms. The molecule has 0 unspecified atom stereocenters. The van der Waals surface area contributed by atoms with E-state index in [1.165, 1.54) is 0 Å². The molecule has 0 heterocycles. The van der Waals surface area contributed by atoms with Crippen LogP contribution in [0.2, 0.25) is 5.02 Å². The number of rotatable bonds is 4. The van der Waals surface area contributed by atoms with Crippen molar-refractivity contribution < 1.29 is 9.53 Å². The van der Waals surface area contributed by atoms with Crippen molar-refractivity contribution >= 4 is 17.6 Å². The molecule has 2 aromatic carbocycles. The van der Waals surface area contributed by atoms with E-state index >= 15 is 0 Å². The molecule has 0 saturated heterocycles. The lowest BCUT2D eigenvalue weighted by Crippen LogP contribution is -2.08. The monoisotopic (exact) mass is 274 g/mol. The maximum absolute atomic E-state index is 11.6. The van der Waals surface area contributed by atoms with E-state index in [9.17, 15) is 4.79 Å². The van der Waals surface area contributed by atoms with Crippen molar-refractivity contribution in [3.05, 3.63) is 59.1 Å². The van der Waals surface area contributed by atoms with Crippen molar-refractivity contribution in [2.75, 3.05) is 6.61 Å². The lowest BCUT2D eigenvalue weighted by molar-refractivity contribution is -0.142. The number of halogens is 1. The zero-order chi connectivity index (χ0) is 13.7. The number of ether oxygens (including phenoxy) is 1. The van der Waals surface area contributed by atoms with Gasteiger partial charge in [0.25, 0.3) is 0 Å². The van der Waals surface area contributed by atoms with E-state index in [0.29, 0.717) is 11.6 Å². The molecule has 0 saturated carbocycles. The van der Waals surface area contributed by atoms with Gasteiger partial charge in [0.1, 0.15) is 0 Å². The van der Waals surface area contributed by atoms with Crippen LogP contribution in [0, 0.1) is 0 Å². The molecule has 0 radical (unpaired) electrons. The zero-order valence-corrected chi connectivity index (χ0v) is 11.5. The fraction of sp³-hybridized carbons (Fsp3) is 0.188. The van der Waals surface area contributed by atoms with Crippen LogP contribution in [0.3, 0.4) is 0 Å². The van der Waals surface area contributed by atoms with Crippen LogP contribution < -0.4 is 0 Å². The molecule has 0 bridgehead atoms. The van der Waals surface area contributed by atoms with Gasteiger partial charge in [0.05, 0.1) is 13.0 Å². The Hall–Kier alpha value is -1.80. The quantitative estimate of drug-likeness (QED) is 0.784. The highest BCUT2D eigenvalue weighted by atomic mass is 35.5. The lowest BCUT2D eigenvalue weighted by Gasteiger charge is -2.09. The first-order valence-corrected chi connectivity index (χ1v) is 6.58. The van der Waals surface area contributed by atoms with Gasteiger partial charge < -0.3 is 4.74 Å². The van der Waals surface area contributed by atoms with E-state index in [4.69, 9.17) is 16.3 Å². The van der Waals surface area contributed by atoms with Crippen molar-refractivity contribution in [2.24, 2.45) is 0 Å². The van der Waals surface area contributed by atoms with Gasteiger partial charge in [-0.2, -0.15) is 0 Å².